The molecule has 0 saturated carbocycles. The fourth-order valence-electron chi connectivity index (χ4n) is 1.25. The van der Waals surface area contributed by atoms with Crippen LogP contribution in [0.2, 0.25) is 0 Å². The van der Waals surface area contributed by atoms with E-state index in [0.717, 1.165) is 22.9 Å². The summed E-state index contributed by atoms with van der Waals surface area (Å²) in [6.07, 6.45) is -3.60. The molecule has 1 unspecified atom stereocenters. The number of hydrogen-bond acceptors (Lipinski definition) is 2. The molecule has 90 valence electrons. The Hall–Kier alpha value is -1.30. The minimum Gasteiger partial charge on any atom is -0.330 e. The van der Waals surface area contributed by atoms with Crippen LogP contribution in [0.5, 0.6) is 0 Å². The van der Waals surface area contributed by atoms with Crippen LogP contribution in [0.1, 0.15) is 12.5 Å². The zero-order chi connectivity index (χ0) is 12.3. The average Bonchev–Trinajstić information content (AvgIpc) is 2.19. The van der Waals surface area contributed by atoms with Crippen LogP contribution in [0.4, 0.5) is 13.2 Å². The molecule has 6 heteroatoms. The first-order valence-corrected chi connectivity index (χ1v) is 4.82. The predicted octanol–water partition coefficient (Wildman–Crippen LogP) is 1.46. The van der Waals surface area contributed by atoms with Crippen molar-refractivity contribution in [1.29, 1.82) is 0 Å². The molecule has 1 atom stereocenters. The lowest BCUT2D eigenvalue weighted by Gasteiger charge is -2.13. The smallest absolute Gasteiger partial charge is 0.330 e. The molecule has 1 aromatic heterocycles. The summed E-state index contributed by atoms with van der Waals surface area (Å²) in [6.45, 7) is 2.29. The van der Waals surface area contributed by atoms with Crippen molar-refractivity contribution >= 4 is 0 Å². The molecule has 1 rings (SSSR count). The van der Waals surface area contributed by atoms with Crippen molar-refractivity contribution < 1.29 is 13.2 Å². The summed E-state index contributed by atoms with van der Waals surface area (Å²) < 4.78 is 38.2. The number of hydrogen-bond donors (Lipinski definition) is 1. The van der Waals surface area contributed by atoms with Crippen molar-refractivity contribution in [3.63, 3.8) is 0 Å². The zero-order valence-electron chi connectivity index (χ0n) is 8.79. The van der Waals surface area contributed by atoms with Gasteiger partial charge in [-0.15, -0.1) is 0 Å². The predicted molar refractivity (Wildman–Crippen MR) is 53.9 cm³/mol. The van der Waals surface area contributed by atoms with Crippen LogP contribution < -0.4 is 11.3 Å². The van der Waals surface area contributed by atoms with Crippen LogP contribution in [0.15, 0.2) is 23.1 Å². The summed E-state index contributed by atoms with van der Waals surface area (Å²) in [4.78, 5) is 11.3. The molecule has 0 aliphatic carbocycles. The third kappa shape index (κ3) is 3.10. The molecule has 0 spiro atoms. The minimum absolute atomic E-state index is 0.0406. The molecule has 1 heterocycles. The maximum absolute atomic E-state index is 12.4. The van der Waals surface area contributed by atoms with Gasteiger partial charge in [0.1, 0.15) is 0 Å². The van der Waals surface area contributed by atoms with Crippen molar-refractivity contribution in [1.82, 2.24) is 4.57 Å². The Morgan fingerprint density at radius 2 is 2.06 bits per heavy atom. The van der Waals surface area contributed by atoms with Crippen LogP contribution in [0.3, 0.4) is 0 Å². The Balaban J connectivity index is 3.05. The van der Waals surface area contributed by atoms with E-state index in [0.29, 0.717) is 6.54 Å². The average molecular weight is 234 g/mol. The highest BCUT2D eigenvalue weighted by molar-refractivity contribution is 5.13. The lowest BCUT2D eigenvalue weighted by Crippen LogP contribution is -2.26. The van der Waals surface area contributed by atoms with E-state index < -0.39 is 17.3 Å². The monoisotopic (exact) mass is 234 g/mol. The Kier molecular flexibility index (Phi) is 3.74. The number of pyridine rings is 1. The Bertz CT molecular complexity index is 411. The number of halogens is 3. The highest BCUT2D eigenvalue weighted by Crippen LogP contribution is 2.28. The third-order valence-corrected chi connectivity index (χ3v) is 2.22. The molecule has 0 aliphatic rings. The topological polar surface area (TPSA) is 48.0 Å². The van der Waals surface area contributed by atoms with Gasteiger partial charge in [0.25, 0.3) is 5.56 Å². The van der Waals surface area contributed by atoms with E-state index >= 15 is 0 Å². The summed E-state index contributed by atoms with van der Waals surface area (Å²) in [6, 6.07) is 1.71. The van der Waals surface area contributed by atoms with Gasteiger partial charge in [-0.2, -0.15) is 13.2 Å². The second-order valence-corrected chi connectivity index (χ2v) is 3.75. The van der Waals surface area contributed by atoms with Crippen LogP contribution in [0, 0.1) is 5.92 Å². The molecule has 0 saturated heterocycles. The van der Waals surface area contributed by atoms with E-state index in [1.165, 1.54) is 0 Å². The molecule has 0 amide bonds. The van der Waals surface area contributed by atoms with Gasteiger partial charge in [-0.1, -0.05) is 6.92 Å². The first-order valence-electron chi connectivity index (χ1n) is 4.82. The molecule has 2 N–H and O–H groups in total. The van der Waals surface area contributed by atoms with Gasteiger partial charge in [0.15, 0.2) is 0 Å². The molecule has 0 bridgehead atoms. The quantitative estimate of drug-likeness (QED) is 0.860. The van der Waals surface area contributed by atoms with Crippen molar-refractivity contribution in [2.75, 3.05) is 6.54 Å². The molecule has 1 aromatic rings. The number of aromatic nitrogens is 1. The van der Waals surface area contributed by atoms with Crippen molar-refractivity contribution in [3.8, 4) is 0 Å². The van der Waals surface area contributed by atoms with Crippen molar-refractivity contribution in [2.24, 2.45) is 11.7 Å². The SMILES string of the molecule is CC(CN)Cn1cc(C(F)(F)F)ccc1=O. The molecular formula is C10H13F3N2O. The van der Waals surface area contributed by atoms with Crippen LogP contribution in [-0.4, -0.2) is 11.1 Å². The van der Waals surface area contributed by atoms with Gasteiger partial charge in [0.2, 0.25) is 0 Å². The molecule has 0 fully saturated rings. The highest BCUT2D eigenvalue weighted by atomic mass is 19.4. The van der Waals surface area contributed by atoms with E-state index in [1.807, 2.05) is 0 Å². The molecule has 3 nitrogen and oxygen atoms in total. The maximum atomic E-state index is 12.4. The molecule has 16 heavy (non-hydrogen) atoms. The number of nitrogens with zero attached hydrogens (tertiary/aromatic N) is 1. The van der Waals surface area contributed by atoms with E-state index in [4.69, 9.17) is 5.73 Å². The first kappa shape index (κ1) is 12.8. The maximum Gasteiger partial charge on any atom is 0.417 e. The Labute approximate surface area is 90.7 Å². The summed E-state index contributed by atoms with van der Waals surface area (Å²) in [5, 5.41) is 0. The van der Waals surface area contributed by atoms with Gasteiger partial charge in [0.05, 0.1) is 5.56 Å². The second-order valence-electron chi connectivity index (χ2n) is 3.75. The van der Waals surface area contributed by atoms with Gasteiger partial charge < -0.3 is 10.3 Å². The molecule has 0 radical (unpaired) electrons. The van der Waals surface area contributed by atoms with Crippen LogP contribution >= 0.6 is 0 Å². The zero-order valence-corrected chi connectivity index (χ0v) is 8.79. The molecule has 0 aliphatic heterocycles. The Morgan fingerprint density at radius 1 is 1.44 bits per heavy atom. The lowest BCUT2D eigenvalue weighted by molar-refractivity contribution is -0.138. The third-order valence-electron chi connectivity index (χ3n) is 2.22. The standard InChI is InChI=1S/C10H13F3N2O/c1-7(4-14)5-15-6-8(10(11,12)13)2-3-9(15)16/h2-3,6-7H,4-5,14H2,1H3. The van der Waals surface area contributed by atoms with Gasteiger partial charge in [-0.25, -0.2) is 0 Å². The van der Waals surface area contributed by atoms with Crippen molar-refractivity contribution in [3.05, 3.63) is 34.2 Å². The Morgan fingerprint density at radius 3 is 2.56 bits per heavy atom. The summed E-state index contributed by atoms with van der Waals surface area (Å²) in [5.41, 5.74) is 4.08. The van der Waals surface area contributed by atoms with E-state index in [2.05, 4.69) is 0 Å². The van der Waals surface area contributed by atoms with E-state index in [-0.39, 0.29) is 12.5 Å². The number of nitrogens with two attached hydrogens (primary N) is 1. The second kappa shape index (κ2) is 4.69. The largest absolute Gasteiger partial charge is 0.417 e. The molecule has 0 aromatic carbocycles. The van der Waals surface area contributed by atoms with Gasteiger partial charge >= 0.3 is 6.18 Å². The normalized spacial score (nSPS) is 13.8. The summed E-state index contributed by atoms with van der Waals surface area (Å²) >= 11 is 0. The summed E-state index contributed by atoms with van der Waals surface area (Å²) in [5.74, 6) is -0.0406. The van der Waals surface area contributed by atoms with Crippen LogP contribution in [-0.2, 0) is 12.7 Å². The van der Waals surface area contributed by atoms with E-state index in [1.54, 1.807) is 6.92 Å². The fraction of sp³-hybridized carbons (Fsp3) is 0.500. The van der Waals surface area contributed by atoms with Crippen molar-refractivity contribution in [2.45, 2.75) is 19.6 Å². The van der Waals surface area contributed by atoms with E-state index in [9.17, 15) is 18.0 Å². The molecular weight excluding hydrogens is 221 g/mol. The number of alkyl halides is 3. The summed E-state index contributed by atoms with van der Waals surface area (Å²) in [7, 11) is 0. The highest BCUT2D eigenvalue weighted by Gasteiger charge is 2.31. The van der Waals surface area contributed by atoms with Gasteiger partial charge in [-0.3, -0.25) is 4.79 Å². The van der Waals surface area contributed by atoms with Crippen LogP contribution in [0.25, 0.3) is 0 Å². The van der Waals surface area contributed by atoms with Gasteiger partial charge in [-0.05, 0) is 18.5 Å². The number of rotatable bonds is 3. The lowest BCUT2D eigenvalue weighted by atomic mass is 10.2. The minimum atomic E-state index is -4.43. The first-order chi connectivity index (χ1) is 7.34. The van der Waals surface area contributed by atoms with Gasteiger partial charge in [0, 0.05) is 18.8 Å². The fourth-order valence-corrected chi connectivity index (χ4v) is 1.25.